The summed E-state index contributed by atoms with van der Waals surface area (Å²) in [6.45, 7) is 11.5. The molecule has 2 saturated heterocycles. The summed E-state index contributed by atoms with van der Waals surface area (Å²) in [7, 11) is -1.05. The van der Waals surface area contributed by atoms with E-state index in [9.17, 15) is 4.57 Å². The fourth-order valence-corrected chi connectivity index (χ4v) is 8.00. The maximum atomic E-state index is 13.4. The van der Waals surface area contributed by atoms with Crippen LogP contribution in [0, 0.1) is 6.92 Å². The van der Waals surface area contributed by atoms with Crippen molar-refractivity contribution in [1.29, 1.82) is 0 Å². The second-order valence-electron chi connectivity index (χ2n) is 11.9. The van der Waals surface area contributed by atoms with E-state index in [1.165, 1.54) is 5.69 Å². The molecule has 13 heteroatoms. The Morgan fingerprint density at radius 2 is 1.80 bits per heavy atom. The zero-order chi connectivity index (χ0) is 31.6. The van der Waals surface area contributed by atoms with Gasteiger partial charge in [-0.2, -0.15) is 4.98 Å². The molecule has 4 heterocycles. The van der Waals surface area contributed by atoms with E-state index in [0.29, 0.717) is 44.3 Å². The first-order valence-electron chi connectivity index (χ1n) is 15.3. The molecule has 0 aliphatic carbocycles. The number of nitrogens with zero attached hydrogens (tertiary/aromatic N) is 6. The molecule has 0 spiro atoms. The molecule has 0 unspecified atom stereocenters. The predicted molar refractivity (Wildman–Crippen MR) is 185 cm³/mol. The summed E-state index contributed by atoms with van der Waals surface area (Å²) < 4.78 is 25.6. The molecule has 2 aliphatic rings. The highest BCUT2D eigenvalue weighted by atomic mass is 79.9. The lowest BCUT2D eigenvalue weighted by molar-refractivity contribution is 0.125. The molecule has 238 valence electrons. The minimum atomic E-state index is -2.73. The van der Waals surface area contributed by atoms with Crippen LogP contribution in [-0.2, 0) is 9.30 Å². The second-order valence-corrected chi connectivity index (χ2v) is 15.9. The molecule has 0 bridgehead atoms. The van der Waals surface area contributed by atoms with Crippen LogP contribution >= 0.6 is 23.1 Å². The number of nitrogens with one attached hydrogen (secondary N) is 2. The maximum Gasteiger partial charge on any atom is 0.229 e. The normalized spacial score (nSPS) is 16.9. The van der Waals surface area contributed by atoms with Gasteiger partial charge in [0.25, 0.3) is 0 Å². The summed E-state index contributed by atoms with van der Waals surface area (Å²) in [6.07, 6.45) is 8.33. The number of halogens is 1. The number of hydrogen-bond acceptors (Lipinski definition) is 11. The fourth-order valence-electron chi connectivity index (χ4n) is 6.32. The Balaban J connectivity index is 1.21. The lowest BCUT2D eigenvalue weighted by atomic mass is 10.0. The topological polar surface area (TPSA) is 118 Å². The molecule has 11 nitrogen and oxygen atoms in total. The van der Waals surface area contributed by atoms with Crippen molar-refractivity contribution in [3.05, 3.63) is 52.9 Å². The van der Waals surface area contributed by atoms with Gasteiger partial charge in [0.05, 0.1) is 40.4 Å². The van der Waals surface area contributed by atoms with Gasteiger partial charge in [0.2, 0.25) is 5.95 Å². The van der Waals surface area contributed by atoms with Crippen molar-refractivity contribution in [1.82, 2.24) is 24.8 Å². The maximum absolute atomic E-state index is 13.4. The first kappa shape index (κ1) is 31.7. The van der Waals surface area contributed by atoms with Gasteiger partial charge in [0.15, 0.2) is 0 Å². The molecule has 2 fully saturated rings. The van der Waals surface area contributed by atoms with Gasteiger partial charge in [0.1, 0.15) is 24.2 Å². The molecule has 45 heavy (non-hydrogen) atoms. The Morgan fingerprint density at radius 1 is 1.00 bits per heavy atom. The number of methoxy groups -OCH3 is 1. The minimum Gasteiger partial charge on any atom is -0.494 e. The summed E-state index contributed by atoms with van der Waals surface area (Å²) >= 11 is 3.57. The average Bonchev–Trinajstić information content (AvgIpc) is 3.32. The molecule has 0 saturated carbocycles. The Kier molecular flexibility index (Phi) is 9.56. The highest BCUT2D eigenvalue weighted by Gasteiger charge is 2.27. The fraction of sp³-hybridized carbons (Fsp3) is 0.438. The van der Waals surface area contributed by atoms with E-state index in [2.05, 4.69) is 70.4 Å². The van der Waals surface area contributed by atoms with Gasteiger partial charge >= 0.3 is 0 Å². The number of ether oxygens (including phenoxy) is 2. The second kappa shape index (κ2) is 13.6. The number of benzene rings is 2. The Labute approximate surface area is 272 Å². The SMILES string of the molecule is COc1cc(N2CCC(N3CCCOCC3)CC2)c(C)cc1Nc1ncc(Br)c(Nc2ccc3nccnc3c2P(C)(C)=O)n1. The van der Waals surface area contributed by atoms with Crippen LogP contribution in [0.3, 0.4) is 0 Å². The van der Waals surface area contributed by atoms with Crippen LogP contribution < -0.4 is 25.6 Å². The third-order valence-electron chi connectivity index (χ3n) is 8.49. The van der Waals surface area contributed by atoms with E-state index in [1.54, 1.807) is 39.0 Å². The van der Waals surface area contributed by atoms with E-state index in [1.807, 2.05) is 12.1 Å². The molecule has 0 amide bonds. The smallest absolute Gasteiger partial charge is 0.229 e. The molecular weight excluding hydrogens is 655 g/mol. The molecule has 0 radical (unpaired) electrons. The summed E-state index contributed by atoms with van der Waals surface area (Å²) in [4.78, 5) is 23.2. The lowest BCUT2D eigenvalue weighted by Gasteiger charge is -2.39. The van der Waals surface area contributed by atoms with Gasteiger partial charge in [-0.3, -0.25) is 14.9 Å². The third-order valence-corrected chi connectivity index (χ3v) is 10.6. The largest absolute Gasteiger partial charge is 0.494 e. The van der Waals surface area contributed by atoms with Gasteiger partial charge in [-0.25, -0.2) is 4.98 Å². The van der Waals surface area contributed by atoms with Gasteiger partial charge in [-0.15, -0.1) is 0 Å². The zero-order valence-electron chi connectivity index (χ0n) is 26.2. The van der Waals surface area contributed by atoms with E-state index in [-0.39, 0.29) is 0 Å². The van der Waals surface area contributed by atoms with E-state index < -0.39 is 7.14 Å². The van der Waals surface area contributed by atoms with Crippen molar-refractivity contribution in [3.8, 4) is 5.75 Å². The molecule has 4 aromatic rings. The van der Waals surface area contributed by atoms with Crippen molar-refractivity contribution < 1.29 is 14.0 Å². The number of rotatable bonds is 8. The van der Waals surface area contributed by atoms with Crippen LogP contribution in [0.2, 0.25) is 0 Å². The third kappa shape index (κ3) is 7.09. The summed E-state index contributed by atoms with van der Waals surface area (Å²) in [5, 5.41) is 7.35. The molecule has 2 aliphatic heterocycles. The molecule has 6 rings (SSSR count). The quantitative estimate of drug-likeness (QED) is 0.214. The summed E-state index contributed by atoms with van der Waals surface area (Å²) in [5.74, 6) is 1.64. The Bertz CT molecular complexity index is 1720. The average molecular weight is 696 g/mol. The Morgan fingerprint density at radius 3 is 2.58 bits per heavy atom. The van der Waals surface area contributed by atoms with Crippen molar-refractivity contribution in [3.63, 3.8) is 0 Å². The first-order valence-corrected chi connectivity index (χ1v) is 18.7. The van der Waals surface area contributed by atoms with Crippen molar-refractivity contribution >= 4 is 68.2 Å². The van der Waals surface area contributed by atoms with Crippen LogP contribution in [0.1, 0.15) is 24.8 Å². The molecule has 2 aromatic heterocycles. The van der Waals surface area contributed by atoms with Crippen LogP contribution in [0.15, 0.2) is 47.3 Å². The first-order chi connectivity index (χ1) is 21.7. The highest BCUT2D eigenvalue weighted by molar-refractivity contribution is 9.10. The van der Waals surface area contributed by atoms with Crippen LogP contribution in [0.4, 0.5) is 28.8 Å². The minimum absolute atomic E-state index is 0.395. The lowest BCUT2D eigenvalue weighted by Crippen LogP contribution is -2.46. The molecule has 0 atom stereocenters. The van der Waals surface area contributed by atoms with Gasteiger partial charge in [0, 0.05) is 69.2 Å². The number of aromatic nitrogens is 4. The zero-order valence-corrected chi connectivity index (χ0v) is 28.7. The van der Waals surface area contributed by atoms with E-state index in [0.717, 1.165) is 75.7 Å². The van der Waals surface area contributed by atoms with Crippen LogP contribution in [-0.4, -0.2) is 90.7 Å². The number of fused-ring (bicyclic) bond motifs is 1. The van der Waals surface area contributed by atoms with E-state index >= 15 is 0 Å². The van der Waals surface area contributed by atoms with Crippen LogP contribution in [0.25, 0.3) is 11.0 Å². The highest BCUT2D eigenvalue weighted by Crippen LogP contribution is 2.41. The van der Waals surface area contributed by atoms with Gasteiger partial charge < -0.3 is 29.6 Å². The monoisotopic (exact) mass is 694 g/mol. The number of hydrogen-bond donors (Lipinski definition) is 2. The molecule has 2 aromatic carbocycles. The molecular formula is C32H40BrN8O3P. The van der Waals surface area contributed by atoms with Gasteiger partial charge in [-0.1, -0.05) is 0 Å². The summed E-state index contributed by atoms with van der Waals surface area (Å²) in [6, 6.07) is 8.54. The Hall–Kier alpha value is -3.31. The van der Waals surface area contributed by atoms with Crippen LogP contribution in [0.5, 0.6) is 5.75 Å². The van der Waals surface area contributed by atoms with Gasteiger partial charge in [-0.05, 0) is 79.2 Å². The summed E-state index contributed by atoms with van der Waals surface area (Å²) in [5.41, 5.74) is 5.07. The standard InChI is InChI=1S/C32H40BrN8O3P/c1-21-18-26(28(43-2)19-27(21)41-13-8-22(9-14-41)40-12-5-16-44-17-15-40)38-32-36-20-23(33)31(39-32)37-25-7-6-24-29(35-11-10-34-24)30(25)45(3,4)42/h6-7,10-11,18-20,22H,5,8-9,12-17H2,1-4H3,(H2,36,37,38,39). The van der Waals surface area contributed by atoms with Crippen molar-refractivity contribution in [2.75, 3.05) is 75.4 Å². The van der Waals surface area contributed by atoms with Crippen molar-refractivity contribution in [2.45, 2.75) is 32.2 Å². The number of aryl methyl sites for hydroxylation is 1. The number of anilines is 5. The number of piperidine rings is 1. The molecule has 2 N–H and O–H groups in total. The predicted octanol–water partition coefficient (Wildman–Crippen LogP) is 5.93. The van der Waals surface area contributed by atoms with E-state index in [4.69, 9.17) is 14.5 Å². The van der Waals surface area contributed by atoms with Crippen molar-refractivity contribution in [2.24, 2.45) is 0 Å².